The number of alkyl halides is 3. The molecule has 2 aliphatic heterocycles. The second-order valence-electron chi connectivity index (χ2n) is 5.80. The Bertz CT molecular complexity index is 654. The van der Waals surface area contributed by atoms with Crippen molar-refractivity contribution in [1.82, 2.24) is 10.4 Å². The van der Waals surface area contributed by atoms with Gasteiger partial charge in [-0.15, -0.1) is 0 Å². The van der Waals surface area contributed by atoms with Gasteiger partial charge in [0.15, 0.2) is 6.17 Å². The molecule has 3 aliphatic rings. The highest BCUT2D eigenvalue weighted by atomic mass is 32.2. The lowest BCUT2D eigenvalue weighted by molar-refractivity contribution is 0.122. The van der Waals surface area contributed by atoms with Gasteiger partial charge in [-0.2, -0.15) is 5.01 Å². The fraction of sp³-hybridized carbons (Fsp3) is 0.500. The van der Waals surface area contributed by atoms with Gasteiger partial charge in [0.1, 0.15) is 11.4 Å². The fourth-order valence-electron chi connectivity index (χ4n) is 2.98. The zero-order chi connectivity index (χ0) is 15.5. The Morgan fingerprint density at radius 3 is 2.64 bits per heavy atom. The zero-order valence-electron chi connectivity index (χ0n) is 11.5. The van der Waals surface area contributed by atoms with E-state index in [9.17, 15) is 17.4 Å². The highest BCUT2D eigenvalue weighted by Crippen LogP contribution is 2.47. The molecule has 4 nitrogen and oxygen atoms in total. The molecule has 2 fully saturated rings. The van der Waals surface area contributed by atoms with Crippen LogP contribution in [0.4, 0.5) is 13.2 Å². The topological polar surface area (TPSA) is 44.7 Å². The number of benzene rings is 1. The molecule has 4 rings (SSSR count). The smallest absolute Gasteiger partial charge is 0.264 e. The molecular weight excluding hydrogens is 315 g/mol. The molecule has 0 aromatic heterocycles. The van der Waals surface area contributed by atoms with E-state index >= 15 is 0 Å². The van der Waals surface area contributed by atoms with Crippen LogP contribution in [-0.2, 0) is 10.8 Å². The number of fused-ring (bicyclic) bond motifs is 1. The lowest BCUT2D eigenvalue weighted by Crippen LogP contribution is -2.41. The van der Waals surface area contributed by atoms with E-state index in [2.05, 4.69) is 10.4 Å². The van der Waals surface area contributed by atoms with Gasteiger partial charge >= 0.3 is 0 Å². The summed E-state index contributed by atoms with van der Waals surface area (Å²) >= 11 is 0. The van der Waals surface area contributed by atoms with Crippen LogP contribution in [0.3, 0.4) is 0 Å². The summed E-state index contributed by atoms with van der Waals surface area (Å²) in [5.41, 5.74) is 3.72. The number of nitrogens with one attached hydrogen (secondary N) is 1. The largest absolute Gasteiger partial charge is 0.293 e. The van der Waals surface area contributed by atoms with E-state index in [4.69, 9.17) is 0 Å². The quantitative estimate of drug-likeness (QED) is 0.904. The van der Waals surface area contributed by atoms with E-state index in [0.717, 1.165) is 5.56 Å². The van der Waals surface area contributed by atoms with E-state index in [0.29, 0.717) is 0 Å². The molecule has 0 amide bonds. The van der Waals surface area contributed by atoms with Crippen LogP contribution < -0.4 is 5.43 Å². The normalized spacial score (nSPS) is 37.3. The molecule has 118 valence electrons. The number of hydrogen-bond donors (Lipinski definition) is 1. The number of hydrazine groups is 1. The summed E-state index contributed by atoms with van der Waals surface area (Å²) in [6.07, 6.45) is -2.14. The van der Waals surface area contributed by atoms with Crippen LogP contribution in [0.1, 0.15) is 24.4 Å². The summed E-state index contributed by atoms with van der Waals surface area (Å²) in [4.78, 5) is 4.06. The zero-order valence-corrected chi connectivity index (χ0v) is 12.3. The molecule has 1 aromatic carbocycles. The van der Waals surface area contributed by atoms with Gasteiger partial charge in [-0.05, 0) is 5.56 Å². The maximum atomic E-state index is 14.2. The first kappa shape index (κ1) is 14.2. The molecule has 1 aromatic rings. The van der Waals surface area contributed by atoms with Crippen LogP contribution in [0.2, 0.25) is 0 Å². The van der Waals surface area contributed by atoms with Crippen molar-refractivity contribution in [2.75, 3.05) is 0 Å². The predicted molar refractivity (Wildman–Crippen MR) is 76.4 cm³/mol. The van der Waals surface area contributed by atoms with Crippen molar-refractivity contribution in [3.05, 3.63) is 35.9 Å². The second kappa shape index (κ2) is 4.79. The monoisotopic (exact) mass is 329 g/mol. The van der Waals surface area contributed by atoms with E-state index in [1.807, 2.05) is 30.3 Å². The van der Waals surface area contributed by atoms with Crippen LogP contribution >= 0.6 is 0 Å². The van der Waals surface area contributed by atoms with Crippen molar-refractivity contribution in [2.24, 2.45) is 4.99 Å². The number of amidine groups is 1. The minimum absolute atomic E-state index is 0.0320. The molecule has 8 heteroatoms. The Hall–Kier alpha value is -1.41. The van der Waals surface area contributed by atoms with Gasteiger partial charge in [0, 0.05) is 12.8 Å². The van der Waals surface area contributed by atoms with E-state index in [1.165, 1.54) is 0 Å². The fourth-order valence-corrected chi connectivity index (χ4v) is 4.34. The van der Waals surface area contributed by atoms with Crippen LogP contribution in [0.25, 0.3) is 0 Å². The molecule has 1 aliphatic carbocycles. The molecule has 22 heavy (non-hydrogen) atoms. The lowest BCUT2D eigenvalue weighted by atomic mass is 10.1. The molecule has 5 atom stereocenters. The lowest BCUT2D eigenvalue weighted by Gasteiger charge is -2.23. The third-order valence-corrected chi connectivity index (χ3v) is 5.87. The van der Waals surface area contributed by atoms with Gasteiger partial charge in [-0.1, -0.05) is 30.3 Å². The highest BCUT2D eigenvalue weighted by molar-refractivity contribution is 8.01. The van der Waals surface area contributed by atoms with Crippen molar-refractivity contribution in [3.8, 4) is 0 Å². The van der Waals surface area contributed by atoms with Gasteiger partial charge < -0.3 is 0 Å². The van der Waals surface area contributed by atoms with Crippen molar-refractivity contribution < 1.29 is 17.4 Å². The van der Waals surface area contributed by atoms with Gasteiger partial charge in [0.2, 0.25) is 5.17 Å². The minimum atomic E-state index is -2.89. The maximum absolute atomic E-state index is 14.2. The van der Waals surface area contributed by atoms with Crippen molar-refractivity contribution in [2.45, 2.75) is 42.4 Å². The Morgan fingerprint density at radius 1 is 1.32 bits per heavy atom. The van der Waals surface area contributed by atoms with Gasteiger partial charge in [0.25, 0.3) is 5.92 Å². The van der Waals surface area contributed by atoms with Crippen LogP contribution in [0.15, 0.2) is 35.3 Å². The van der Waals surface area contributed by atoms with Crippen LogP contribution in [-0.4, -0.2) is 37.9 Å². The summed E-state index contributed by atoms with van der Waals surface area (Å²) < 4.78 is 52.4. The molecule has 0 radical (unpaired) electrons. The highest BCUT2D eigenvalue weighted by Gasteiger charge is 2.62. The Balaban J connectivity index is 1.55. The van der Waals surface area contributed by atoms with Crippen LogP contribution in [0.5, 0.6) is 0 Å². The Labute approximate surface area is 127 Å². The van der Waals surface area contributed by atoms with Crippen molar-refractivity contribution in [3.63, 3.8) is 0 Å². The van der Waals surface area contributed by atoms with Crippen LogP contribution in [0, 0.1) is 0 Å². The van der Waals surface area contributed by atoms with Gasteiger partial charge in [0.05, 0.1) is 16.8 Å². The Kier molecular flexibility index (Phi) is 3.09. The summed E-state index contributed by atoms with van der Waals surface area (Å²) in [5, 5.41) is 0.357. The molecular formula is C14H14F3N3OS. The minimum Gasteiger partial charge on any atom is -0.293 e. The summed E-state index contributed by atoms with van der Waals surface area (Å²) in [6, 6.07) is 9.09. The van der Waals surface area contributed by atoms with E-state index in [-0.39, 0.29) is 17.6 Å². The predicted octanol–water partition coefficient (Wildman–Crippen LogP) is 2.13. The summed E-state index contributed by atoms with van der Waals surface area (Å²) in [7, 11) is -1.92. The first-order valence-electron chi connectivity index (χ1n) is 7.07. The van der Waals surface area contributed by atoms with E-state index in [1.54, 1.807) is 5.01 Å². The van der Waals surface area contributed by atoms with E-state index < -0.39 is 40.7 Å². The number of aliphatic imine (C=N–C) groups is 1. The molecule has 1 saturated carbocycles. The average Bonchev–Trinajstić information content (AvgIpc) is 2.87. The third kappa shape index (κ3) is 2.16. The first-order chi connectivity index (χ1) is 10.5. The van der Waals surface area contributed by atoms with Crippen molar-refractivity contribution >= 4 is 16.0 Å². The molecule has 2 heterocycles. The number of hydrogen-bond acceptors (Lipinski definition) is 4. The summed E-state index contributed by atoms with van der Waals surface area (Å²) in [6.45, 7) is 0. The Morgan fingerprint density at radius 2 is 2.00 bits per heavy atom. The van der Waals surface area contributed by atoms with Crippen molar-refractivity contribution in [1.29, 1.82) is 0 Å². The maximum Gasteiger partial charge on any atom is 0.264 e. The first-order valence-corrected chi connectivity index (χ1v) is 8.29. The number of nitrogens with zero attached hydrogens (tertiary/aromatic N) is 2. The molecule has 3 unspecified atom stereocenters. The third-order valence-electron chi connectivity index (χ3n) is 4.27. The molecule has 1 saturated heterocycles. The molecule has 0 spiro atoms. The average molecular weight is 329 g/mol. The summed E-state index contributed by atoms with van der Waals surface area (Å²) in [5.74, 6) is -2.89. The van der Waals surface area contributed by atoms with Gasteiger partial charge in [-0.3, -0.25) is 9.63 Å². The SMILES string of the molecule is O=S(C1=NC2[C@@H](F)C[C@@H](c3ccccc3)N2N1)C1CC1(F)F. The number of rotatable bonds is 2. The molecule has 0 bridgehead atoms. The molecule has 1 N–H and O–H groups in total. The second-order valence-corrected chi connectivity index (χ2v) is 7.35. The standard InChI is InChI=1S/C14H14F3N3OS/c15-9-6-10(8-4-2-1-3-5-8)20-12(9)18-13(19-20)22(21)11-7-14(11,16)17/h1-5,9-12H,6-7H2,(H,18,19)/t9-,10-,11?,12?,22?/m0/s1. The van der Waals surface area contributed by atoms with Gasteiger partial charge in [-0.25, -0.2) is 18.2 Å². The number of halogens is 3.